The second kappa shape index (κ2) is 6.33. The molecule has 1 aliphatic heterocycles. The third-order valence-electron chi connectivity index (χ3n) is 4.24. The molecule has 2 rings (SSSR count). The highest BCUT2D eigenvalue weighted by Gasteiger charge is 2.29. The molecule has 0 aromatic rings. The maximum Gasteiger partial charge on any atom is 0.410 e. The molecule has 4 nitrogen and oxygen atoms in total. The summed E-state index contributed by atoms with van der Waals surface area (Å²) >= 11 is 0. The fourth-order valence-electron chi connectivity index (χ4n) is 3.13. The van der Waals surface area contributed by atoms with Gasteiger partial charge in [0.2, 0.25) is 0 Å². The zero-order valence-electron chi connectivity index (χ0n) is 13.4. The molecule has 1 aliphatic carbocycles. The van der Waals surface area contributed by atoms with Crippen molar-refractivity contribution < 1.29 is 9.53 Å². The van der Waals surface area contributed by atoms with Gasteiger partial charge in [-0.3, -0.25) is 0 Å². The number of likely N-dealkylation sites (tertiary alicyclic amines) is 1. The van der Waals surface area contributed by atoms with Crippen molar-refractivity contribution in [1.82, 2.24) is 10.2 Å². The number of nitrogens with one attached hydrogen (secondary N) is 1. The van der Waals surface area contributed by atoms with Gasteiger partial charge in [0.15, 0.2) is 0 Å². The Bertz CT molecular complexity index is 332. The van der Waals surface area contributed by atoms with Crippen molar-refractivity contribution in [2.75, 3.05) is 19.6 Å². The van der Waals surface area contributed by atoms with Crippen molar-refractivity contribution in [2.45, 2.75) is 65.0 Å². The van der Waals surface area contributed by atoms with Crippen molar-refractivity contribution in [3.05, 3.63) is 0 Å². The molecule has 20 heavy (non-hydrogen) atoms. The molecule has 1 N–H and O–H groups in total. The maximum atomic E-state index is 12.1. The number of rotatable bonds is 3. The van der Waals surface area contributed by atoms with Crippen LogP contribution in [0.1, 0.15) is 53.4 Å². The van der Waals surface area contributed by atoms with Crippen LogP contribution in [0, 0.1) is 11.8 Å². The molecule has 2 aliphatic rings. The smallest absolute Gasteiger partial charge is 0.410 e. The minimum atomic E-state index is -0.398. The standard InChI is InChI=1S/C16H30N2O2/c1-12-8-14(9-12)17-10-13-6-5-7-18(11-13)15(19)20-16(2,3)4/h12-14,17H,5-11H2,1-4H3. The van der Waals surface area contributed by atoms with Crippen molar-refractivity contribution >= 4 is 6.09 Å². The highest BCUT2D eigenvalue weighted by molar-refractivity contribution is 5.68. The number of carbonyl (C=O) groups excluding carboxylic acids is 1. The van der Waals surface area contributed by atoms with Gasteiger partial charge in [-0.1, -0.05) is 6.92 Å². The van der Waals surface area contributed by atoms with Crippen molar-refractivity contribution in [2.24, 2.45) is 11.8 Å². The van der Waals surface area contributed by atoms with Crippen LogP contribution >= 0.6 is 0 Å². The highest BCUT2D eigenvalue weighted by Crippen LogP contribution is 2.27. The molecule has 116 valence electrons. The molecule has 1 atom stereocenters. The number of ether oxygens (including phenoxy) is 1. The van der Waals surface area contributed by atoms with Gasteiger partial charge < -0.3 is 15.0 Å². The van der Waals surface area contributed by atoms with Crippen LogP contribution in [-0.2, 0) is 4.74 Å². The van der Waals surface area contributed by atoms with Gasteiger partial charge in [0, 0.05) is 19.1 Å². The molecule has 0 aromatic carbocycles. The van der Waals surface area contributed by atoms with E-state index < -0.39 is 5.60 Å². The van der Waals surface area contributed by atoms with Crippen molar-refractivity contribution in [1.29, 1.82) is 0 Å². The summed E-state index contributed by atoms with van der Waals surface area (Å²) in [6.45, 7) is 10.8. The van der Waals surface area contributed by atoms with Crippen LogP contribution in [0.25, 0.3) is 0 Å². The van der Waals surface area contributed by atoms with Gasteiger partial charge in [-0.25, -0.2) is 4.79 Å². The minimum absolute atomic E-state index is 0.153. The lowest BCUT2D eigenvalue weighted by Gasteiger charge is -2.37. The SMILES string of the molecule is CC1CC(NCC2CCCN(C(=O)OC(C)(C)C)C2)C1. The van der Waals surface area contributed by atoms with Gasteiger partial charge in [-0.05, 0) is 64.8 Å². The number of hydrogen-bond acceptors (Lipinski definition) is 3. The summed E-state index contributed by atoms with van der Waals surface area (Å²) in [5, 5.41) is 3.65. The zero-order chi connectivity index (χ0) is 14.8. The van der Waals surface area contributed by atoms with Crippen molar-refractivity contribution in [3.63, 3.8) is 0 Å². The second-order valence-corrected chi connectivity index (χ2v) is 7.62. The van der Waals surface area contributed by atoms with Gasteiger partial charge in [-0.2, -0.15) is 0 Å². The molecule has 0 spiro atoms. The Balaban J connectivity index is 1.72. The lowest BCUT2D eigenvalue weighted by atomic mass is 9.81. The first-order chi connectivity index (χ1) is 9.33. The molecular weight excluding hydrogens is 252 g/mol. The average molecular weight is 282 g/mol. The van der Waals surface area contributed by atoms with Gasteiger partial charge >= 0.3 is 6.09 Å². The largest absolute Gasteiger partial charge is 0.444 e. The monoisotopic (exact) mass is 282 g/mol. The van der Waals surface area contributed by atoms with Gasteiger partial charge in [0.05, 0.1) is 0 Å². The van der Waals surface area contributed by atoms with E-state index >= 15 is 0 Å². The molecule has 1 unspecified atom stereocenters. The fraction of sp³-hybridized carbons (Fsp3) is 0.938. The molecule has 1 saturated heterocycles. The zero-order valence-corrected chi connectivity index (χ0v) is 13.4. The van der Waals surface area contributed by atoms with E-state index in [1.165, 1.54) is 19.3 Å². The number of piperidine rings is 1. The van der Waals surface area contributed by atoms with E-state index in [2.05, 4.69) is 12.2 Å². The Morgan fingerprint density at radius 2 is 2.05 bits per heavy atom. The first kappa shape index (κ1) is 15.6. The summed E-state index contributed by atoms with van der Waals surface area (Å²) in [5.74, 6) is 1.46. The van der Waals surface area contributed by atoms with Crippen LogP contribution in [0.5, 0.6) is 0 Å². The Morgan fingerprint density at radius 1 is 1.35 bits per heavy atom. The third-order valence-corrected chi connectivity index (χ3v) is 4.24. The molecule has 0 aromatic heterocycles. The van der Waals surface area contributed by atoms with E-state index in [-0.39, 0.29) is 6.09 Å². The molecule has 0 bridgehead atoms. The minimum Gasteiger partial charge on any atom is -0.444 e. The summed E-state index contributed by atoms with van der Waals surface area (Å²) < 4.78 is 5.46. The first-order valence-corrected chi connectivity index (χ1v) is 8.05. The summed E-state index contributed by atoms with van der Waals surface area (Å²) in [5.41, 5.74) is -0.398. The van der Waals surface area contributed by atoms with E-state index in [9.17, 15) is 4.79 Å². The Hall–Kier alpha value is -0.770. The summed E-state index contributed by atoms with van der Waals surface area (Å²) in [7, 11) is 0. The lowest BCUT2D eigenvalue weighted by molar-refractivity contribution is 0.0163. The predicted molar refractivity (Wildman–Crippen MR) is 80.7 cm³/mol. The summed E-state index contributed by atoms with van der Waals surface area (Å²) in [4.78, 5) is 14.0. The lowest BCUT2D eigenvalue weighted by Crippen LogP contribution is -2.48. The molecule has 2 fully saturated rings. The predicted octanol–water partition coefficient (Wildman–Crippen LogP) is 3.02. The third kappa shape index (κ3) is 4.65. The first-order valence-electron chi connectivity index (χ1n) is 8.05. The Kier molecular flexibility index (Phi) is 4.95. The number of nitrogens with zero attached hydrogens (tertiary/aromatic N) is 1. The van der Waals surface area contributed by atoms with Gasteiger partial charge in [-0.15, -0.1) is 0 Å². The normalized spacial score (nSPS) is 30.8. The van der Waals surface area contributed by atoms with Gasteiger partial charge in [0.25, 0.3) is 0 Å². The molecule has 1 saturated carbocycles. The highest BCUT2D eigenvalue weighted by atomic mass is 16.6. The average Bonchev–Trinajstić information content (AvgIpc) is 2.31. The van der Waals surface area contributed by atoms with Crippen LogP contribution in [-0.4, -0.2) is 42.3 Å². The Morgan fingerprint density at radius 3 is 2.65 bits per heavy atom. The summed E-state index contributed by atoms with van der Waals surface area (Å²) in [6.07, 6.45) is 4.77. The van der Waals surface area contributed by atoms with Crippen LogP contribution in [0.3, 0.4) is 0 Å². The van der Waals surface area contributed by atoms with E-state index in [4.69, 9.17) is 4.74 Å². The Labute approximate surface area is 123 Å². The van der Waals surface area contributed by atoms with Gasteiger partial charge in [0.1, 0.15) is 5.60 Å². The fourth-order valence-corrected chi connectivity index (χ4v) is 3.13. The summed E-state index contributed by atoms with van der Waals surface area (Å²) in [6, 6.07) is 0.710. The van der Waals surface area contributed by atoms with Crippen molar-refractivity contribution in [3.8, 4) is 0 Å². The van der Waals surface area contributed by atoms with E-state index in [1.54, 1.807) is 0 Å². The van der Waals surface area contributed by atoms with E-state index in [0.717, 1.165) is 32.0 Å². The van der Waals surface area contributed by atoms with E-state index in [1.807, 2.05) is 25.7 Å². The van der Waals surface area contributed by atoms with Crippen LogP contribution in [0.15, 0.2) is 0 Å². The van der Waals surface area contributed by atoms with Crippen LogP contribution < -0.4 is 5.32 Å². The molecule has 0 radical (unpaired) electrons. The topological polar surface area (TPSA) is 41.6 Å². The molecule has 1 amide bonds. The molecule has 1 heterocycles. The number of amides is 1. The van der Waals surface area contributed by atoms with E-state index in [0.29, 0.717) is 12.0 Å². The number of hydrogen-bond donors (Lipinski definition) is 1. The second-order valence-electron chi connectivity index (χ2n) is 7.62. The maximum absolute atomic E-state index is 12.1. The van der Waals surface area contributed by atoms with Crippen LogP contribution in [0.4, 0.5) is 4.79 Å². The molecule has 4 heteroatoms. The quantitative estimate of drug-likeness (QED) is 0.865. The molecular formula is C16H30N2O2. The number of carbonyl (C=O) groups is 1. The van der Waals surface area contributed by atoms with Crippen LogP contribution in [0.2, 0.25) is 0 Å².